The van der Waals surface area contributed by atoms with Gasteiger partial charge in [-0.15, -0.1) is 0 Å². The number of hydrogen-bond acceptors (Lipinski definition) is 7. The number of anilines is 2. The van der Waals surface area contributed by atoms with Gasteiger partial charge in [0.15, 0.2) is 0 Å². The molecule has 26 heavy (non-hydrogen) atoms. The molecule has 7 nitrogen and oxygen atoms in total. The highest BCUT2D eigenvalue weighted by molar-refractivity contribution is 5.92. The molecular weight excluding hydrogens is 330 g/mol. The molecule has 0 radical (unpaired) electrons. The number of nitrogens with zero attached hydrogens (tertiary/aromatic N) is 4. The number of nitrogens with one attached hydrogen (secondary N) is 1. The average molecular weight is 351 g/mol. The van der Waals surface area contributed by atoms with Gasteiger partial charge in [0.25, 0.3) is 0 Å². The van der Waals surface area contributed by atoms with E-state index in [-0.39, 0.29) is 0 Å². The van der Waals surface area contributed by atoms with Gasteiger partial charge in [0.1, 0.15) is 5.56 Å². The Morgan fingerprint density at radius 1 is 0.962 bits per heavy atom. The summed E-state index contributed by atoms with van der Waals surface area (Å²) in [7, 11) is 0. The molecule has 2 heterocycles. The van der Waals surface area contributed by atoms with Crippen molar-refractivity contribution in [3.05, 3.63) is 46.4 Å². The number of carbonyl (C=O) groups excluding carboxylic acids is 1. The van der Waals surface area contributed by atoms with Crippen molar-refractivity contribution in [2.75, 3.05) is 11.9 Å². The maximum Gasteiger partial charge on any atom is 0.341 e. The molecule has 3 rings (SSSR count). The van der Waals surface area contributed by atoms with E-state index >= 15 is 0 Å². The van der Waals surface area contributed by atoms with E-state index in [1.54, 1.807) is 20.8 Å². The van der Waals surface area contributed by atoms with Crippen molar-refractivity contribution in [2.24, 2.45) is 0 Å². The van der Waals surface area contributed by atoms with Crippen LogP contribution >= 0.6 is 0 Å². The van der Waals surface area contributed by atoms with Gasteiger partial charge in [-0.2, -0.15) is 0 Å². The first-order valence-electron chi connectivity index (χ1n) is 8.44. The summed E-state index contributed by atoms with van der Waals surface area (Å²) < 4.78 is 5.06. The zero-order valence-corrected chi connectivity index (χ0v) is 15.5. The predicted molar refractivity (Wildman–Crippen MR) is 99.8 cm³/mol. The molecule has 0 saturated heterocycles. The third kappa shape index (κ3) is 3.33. The summed E-state index contributed by atoms with van der Waals surface area (Å²) >= 11 is 0. The number of aryl methyl sites for hydroxylation is 4. The van der Waals surface area contributed by atoms with E-state index in [0.717, 1.165) is 22.2 Å². The summed E-state index contributed by atoms with van der Waals surface area (Å²) in [6.07, 6.45) is 0. The van der Waals surface area contributed by atoms with Crippen LogP contribution in [0.5, 0.6) is 0 Å². The fourth-order valence-electron chi connectivity index (χ4n) is 2.88. The molecule has 0 bridgehead atoms. The Balaban J connectivity index is 1.98. The van der Waals surface area contributed by atoms with Crippen LogP contribution in [0, 0.1) is 27.7 Å². The highest BCUT2D eigenvalue weighted by atomic mass is 16.5. The Kier molecular flexibility index (Phi) is 4.79. The molecule has 0 saturated carbocycles. The average Bonchev–Trinajstić information content (AvgIpc) is 2.55. The fraction of sp³-hybridized carbons (Fsp3) is 0.316. The number of carbonyl (C=O) groups is 1. The van der Waals surface area contributed by atoms with Crippen molar-refractivity contribution in [1.82, 2.24) is 19.9 Å². The van der Waals surface area contributed by atoms with Crippen LogP contribution in [0.4, 0.5) is 11.9 Å². The lowest BCUT2D eigenvalue weighted by molar-refractivity contribution is 0.0523. The number of rotatable bonds is 4. The fourth-order valence-corrected chi connectivity index (χ4v) is 2.88. The summed E-state index contributed by atoms with van der Waals surface area (Å²) in [6, 6.07) is 6.00. The van der Waals surface area contributed by atoms with Crippen LogP contribution < -0.4 is 5.32 Å². The number of para-hydroxylation sites is 1. The third-order valence-corrected chi connectivity index (χ3v) is 4.09. The van der Waals surface area contributed by atoms with Crippen LogP contribution in [0.1, 0.15) is 39.9 Å². The van der Waals surface area contributed by atoms with E-state index in [1.165, 1.54) is 0 Å². The molecule has 1 aromatic carbocycles. The lowest BCUT2D eigenvalue weighted by Crippen LogP contribution is -2.13. The van der Waals surface area contributed by atoms with Crippen LogP contribution in [0.25, 0.3) is 10.9 Å². The molecular formula is C19H21N5O2. The largest absolute Gasteiger partial charge is 0.462 e. The molecule has 0 spiro atoms. The van der Waals surface area contributed by atoms with Crippen LogP contribution in [-0.2, 0) is 4.74 Å². The predicted octanol–water partition coefficient (Wildman–Crippen LogP) is 3.57. The molecule has 0 aliphatic rings. The van der Waals surface area contributed by atoms with Gasteiger partial charge in [-0.3, -0.25) is 5.32 Å². The minimum Gasteiger partial charge on any atom is -0.462 e. The smallest absolute Gasteiger partial charge is 0.341 e. The van der Waals surface area contributed by atoms with Crippen molar-refractivity contribution in [2.45, 2.75) is 34.6 Å². The van der Waals surface area contributed by atoms with E-state index in [4.69, 9.17) is 4.74 Å². The first-order chi connectivity index (χ1) is 12.4. The first-order valence-corrected chi connectivity index (χ1v) is 8.44. The van der Waals surface area contributed by atoms with Crippen molar-refractivity contribution in [1.29, 1.82) is 0 Å². The van der Waals surface area contributed by atoms with Gasteiger partial charge in [0, 0.05) is 5.39 Å². The van der Waals surface area contributed by atoms with Crippen LogP contribution in [-0.4, -0.2) is 32.5 Å². The summed E-state index contributed by atoms with van der Waals surface area (Å²) in [5.41, 5.74) is 4.32. The molecule has 3 aromatic rings. The van der Waals surface area contributed by atoms with Gasteiger partial charge in [-0.1, -0.05) is 18.2 Å². The van der Waals surface area contributed by atoms with Gasteiger partial charge in [-0.05, 0) is 40.2 Å². The van der Waals surface area contributed by atoms with E-state index in [0.29, 0.717) is 35.5 Å². The molecule has 0 fully saturated rings. The highest BCUT2D eigenvalue weighted by Gasteiger charge is 2.17. The zero-order chi connectivity index (χ0) is 18.8. The van der Waals surface area contributed by atoms with Crippen LogP contribution in [0.15, 0.2) is 18.2 Å². The van der Waals surface area contributed by atoms with Crippen molar-refractivity contribution < 1.29 is 9.53 Å². The Morgan fingerprint density at radius 2 is 1.58 bits per heavy atom. The van der Waals surface area contributed by atoms with E-state index < -0.39 is 5.97 Å². The van der Waals surface area contributed by atoms with E-state index in [2.05, 4.69) is 25.3 Å². The Morgan fingerprint density at radius 3 is 2.23 bits per heavy atom. The minimum atomic E-state index is -0.414. The number of esters is 1. The number of ether oxygens (including phenoxy) is 1. The minimum absolute atomic E-state index is 0.307. The standard InChI is InChI=1S/C19H21N5O2/c1-6-26-17(25)15-12(4)21-18(22-13(15)5)24-19-20-11(3)14-9-7-8-10(2)16(14)23-19/h7-9H,6H2,1-5H3,(H,20,21,22,23,24). The van der Waals surface area contributed by atoms with E-state index in [1.807, 2.05) is 32.0 Å². The van der Waals surface area contributed by atoms with E-state index in [9.17, 15) is 4.79 Å². The molecule has 0 amide bonds. The Hall–Kier alpha value is -3.09. The maximum atomic E-state index is 12.0. The molecule has 0 unspecified atom stereocenters. The lowest BCUT2D eigenvalue weighted by Gasteiger charge is -2.11. The highest BCUT2D eigenvalue weighted by Crippen LogP contribution is 2.22. The van der Waals surface area contributed by atoms with Crippen molar-refractivity contribution in [3.63, 3.8) is 0 Å². The normalized spacial score (nSPS) is 10.8. The van der Waals surface area contributed by atoms with Crippen molar-refractivity contribution >= 4 is 28.8 Å². The van der Waals surface area contributed by atoms with Crippen molar-refractivity contribution in [3.8, 4) is 0 Å². The first kappa shape index (κ1) is 17.7. The summed E-state index contributed by atoms with van der Waals surface area (Å²) in [4.78, 5) is 29.8. The second kappa shape index (κ2) is 7.03. The van der Waals surface area contributed by atoms with Gasteiger partial charge >= 0.3 is 5.97 Å². The molecule has 0 aliphatic heterocycles. The Labute approximate surface area is 151 Å². The van der Waals surface area contributed by atoms with Gasteiger partial charge in [0.05, 0.1) is 29.2 Å². The molecule has 7 heteroatoms. The quantitative estimate of drug-likeness (QED) is 0.719. The number of benzene rings is 1. The van der Waals surface area contributed by atoms with Crippen LogP contribution in [0.3, 0.4) is 0 Å². The number of fused-ring (bicyclic) bond motifs is 1. The second-order valence-corrected chi connectivity index (χ2v) is 6.04. The molecule has 1 N–H and O–H groups in total. The molecule has 0 atom stereocenters. The summed E-state index contributed by atoms with van der Waals surface area (Å²) in [5.74, 6) is 0.356. The SMILES string of the molecule is CCOC(=O)c1c(C)nc(Nc2nc(C)c3cccc(C)c3n2)nc1C. The summed E-state index contributed by atoms with van der Waals surface area (Å²) in [5, 5.41) is 4.06. The second-order valence-electron chi connectivity index (χ2n) is 6.04. The third-order valence-electron chi connectivity index (χ3n) is 4.09. The van der Waals surface area contributed by atoms with Gasteiger partial charge in [-0.25, -0.2) is 24.7 Å². The topological polar surface area (TPSA) is 89.9 Å². The number of hydrogen-bond donors (Lipinski definition) is 1. The van der Waals surface area contributed by atoms with Gasteiger partial charge in [0.2, 0.25) is 11.9 Å². The monoisotopic (exact) mass is 351 g/mol. The lowest BCUT2D eigenvalue weighted by atomic mass is 10.1. The molecule has 134 valence electrons. The van der Waals surface area contributed by atoms with Crippen LogP contribution in [0.2, 0.25) is 0 Å². The molecule has 2 aromatic heterocycles. The Bertz CT molecular complexity index is 978. The van der Waals surface area contributed by atoms with Gasteiger partial charge < -0.3 is 4.74 Å². The molecule has 0 aliphatic carbocycles. The summed E-state index contributed by atoms with van der Waals surface area (Å²) in [6.45, 7) is 9.53. The maximum absolute atomic E-state index is 12.0. The zero-order valence-electron chi connectivity index (χ0n) is 15.5. The number of aromatic nitrogens is 4.